The molecule has 0 spiro atoms. The van der Waals surface area contributed by atoms with Gasteiger partial charge in [-0.1, -0.05) is 24.8 Å². The molecule has 0 aromatic rings. The van der Waals surface area contributed by atoms with E-state index in [2.05, 4.69) is 12.7 Å². The summed E-state index contributed by atoms with van der Waals surface area (Å²) >= 11 is 0. The normalized spacial score (nSPS) is 25.7. The molecule has 2 heterocycles. The fourth-order valence-electron chi connectivity index (χ4n) is 3.87. The first kappa shape index (κ1) is 21.4. The maximum Gasteiger partial charge on any atom is 0.429 e. The minimum absolute atomic E-state index is 0.233. The molecule has 0 N–H and O–H groups in total. The van der Waals surface area contributed by atoms with Crippen LogP contribution in [0.1, 0.15) is 40.0 Å². The highest BCUT2D eigenvalue weighted by Gasteiger charge is 2.51. The Morgan fingerprint density at radius 2 is 1.66 bits per heavy atom. The molecule has 2 fully saturated rings. The molecule has 2 saturated heterocycles. The topological polar surface area (TPSA) is 77.5 Å². The number of hydrazine groups is 1. The van der Waals surface area contributed by atoms with Gasteiger partial charge in [0.2, 0.25) is 0 Å². The Labute approximate surface area is 171 Å². The molecule has 160 valence electrons. The molecule has 0 aromatic heterocycles. The van der Waals surface area contributed by atoms with Gasteiger partial charge in [0.15, 0.2) is 5.79 Å². The van der Waals surface area contributed by atoms with Crippen molar-refractivity contribution in [2.45, 2.75) is 57.9 Å². The molecule has 8 nitrogen and oxygen atoms in total. The third-order valence-corrected chi connectivity index (χ3v) is 5.37. The maximum absolute atomic E-state index is 12.5. The van der Waals surface area contributed by atoms with Gasteiger partial charge in [0.05, 0.1) is 38.5 Å². The molecule has 0 saturated carbocycles. The number of unbranched alkanes of at least 4 members (excludes halogenated alkanes) is 1. The Hall–Kier alpha value is -2.32. The molecule has 0 radical (unpaired) electrons. The molecule has 8 heteroatoms. The molecule has 2 amide bonds. The van der Waals surface area contributed by atoms with E-state index in [0.717, 1.165) is 30.4 Å². The summed E-state index contributed by atoms with van der Waals surface area (Å²) < 4.78 is 21.6. The molecule has 2 aliphatic heterocycles. The zero-order valence-corrected chi connectivity index (χ0v) is 17.4. The van der Waals surface area contributed by atoms with E-state index in [9.17, 15) is 9.59 Å². The number of amides is 2. The minimum Gasteiger partial charge on any atom is -0.448 e. The number of carbonyl (C=O) groups is 2. The Kier molecular flexibility index (Phi) is 6.64. The van der Waals surface area contributed by atoms with E-state index in [0.29, 0.717) is 13.2 Å². The highest BCUT2D eigenvalue weighted by atomic mass is 16.7. The number of allylic oxidation sites excluding steroid dienone is 1. The molecule has 0 unspecified atom stereocenters. The number of hydrogen-bond acceptors (Lipinski definition) is 6. The summed E-state index contributed by atoms with van der Waals surface area (Å²) in [4.78, 5) is 24.9. The zero-order chi connectivity index (χ0) is 21.0. The third kappa shape index (κ3) is 4.18. The van der Waals surface area contributed by atoms with E-state index in [1.54, 1.807) is 13.8 Å². The van der Waals surface area contributed by atoms with Crippen molar-refractivity contribution < 1.29 is 28.5 Å². The van der Waals surface area contributed by atoms with Crippen molar-refractivity contribution in [3.63, 3.8) is 0 Å². The van der Waals surface area contributed by atoms with Gasteiger partial charge in [0.25, 0.3) is 0 Å². The standard InChI is InChI=1S/C21H30N2O6/c1-5-26-19(24)22-17-11-12-18(23(22)20(25)27-6-2)16(17)10-8-7-9-15(3)21(4)28-13-14-29-21/h10-12,17-18H,3,5-9,13-14H2,1-2,4H3/t17-,18+. The molecular weight excluding hydrogens is 376 g/mol. The lowest BCUT2D eigenvalue weighted by Gasteiger charge is -2.32. The quantitative estimate of drug-likeness (QED) is 0.475. The third-order valence-electron chi connectivity index (χ3n) is 5.37. The summed E-state index contributed by atoms with van der Waals surface area (Å²) in [6, 6.07) is -0.656. The molecule has 2 bridgehead atoms. The Bertz CT molecular complexity index is 674. The number of carbonyl (C=O) groups excluding carboxylic acids is 2. The summed E-state index contributed by atoms with van der Waals surface area (Å²) in [5.41, 5.74) is 1.90. The second-order valence-electron chi connectivity index (χ2n) is 7.20. The fourth-order valence-corrected chi connectivity index (χ4v) is 3.87. The lowest BCUT2D eigenvalue weighted by Crippen LogP contribution is -2.52. The molecule has 3 aliphatic rings. The van der Waals surface area contributed by atoms with E-state index in [-0.39, 0.29) is 25.3 Å². The monoisotopic (exact) mass is 406 g/mol. The summed E-state index contributed by atoms with van der Waals surface area (Å²) in [6.45, 7) is 11.1. The van der Waals surface area contributed by atoms with E-state index in [4.69, 9.17) is 18.9 Å². The Morgan fingerprint density at radius 1 is 1.14 bits per heavy atom. The van der Waals surface area contributed by atoms with Gasteiger partial charge in [-0.15, -0.1) is 0 Å². The van der Waals surface area contributed by atoms with Crippen molar-refractivity contribution in [1.82, 2.24) is 10.0 Å². The highest BCUT2D eigenvalue weighted by Crippen LogP contribution is 2.39. The smallest absolute Gasteiger partial charge is 0.429 e. The van der Waals surface area contributed by atoms with Crippen LogP contribution in [0.15, 0.2) is 36.0 Å². The van der Waals surface area contributed by atoms with Crippen molar-refractivity contribution in [2.24, 2.45) is 0 Å². The van der Waals surface area contributed by atoms with Crippen molar-refractivity contribution in [1.29, 1.82) is 0 Å². The second kappa shape index (κ2) is 9.00. The summed E-state index contributed by atoms with van der Waals surface area (Å²) in [6.07, 6.45) is 7.24. The van der Waals surface area contributed by atoms with Crippen LogP contribution in [0.25, 0.3) is 0 Å². The Morgan fingerprint density at radius 3 is 2.14 bits per heavy atom. The molecule has 29 heavy (non-hydrogen) atoms. The van der Waals surface area contributed by atoms with Gasteiger partial charge < -0.3 is 18.9 Å². The van der Waals surface area contributed by atoms with Crippen LogP contribution in [0.4, 0.5) is 9.59 Å². The molecular formula is C21H30N2O6. The summed E-state index contributed by atoms with van der Waals surface area (Å²) in [5.74, 6) is -0.692. The van der Waals surface area contributed by atoms with Gasteiger partial charge in [0.1, 0.15) is 0 Å². The molecule has 2 atom stereocenters. The zero-order valence-electron chi connectivity index (χ0n) is 17.4. The molecule has 3 rings (SSSR count). The van der Waals surface area contributed by atoms with Crippen LogP contribution in [0.5, 0.6) is 0 Å². The predicted octanol–water partition coefficient (Wildman–Crippen LogP) is 3.55. The van der Waals surface area contributed by atoms with Gasteiger partial charge in [0, 0.05) is 0 Å². The Balaban J connectivity index is 1.65. The lowest BCUT2D eigenvalue weighted by molar-refractivity contribution is -0.111. The first-order chi connectivity index (χ1) is 13.9. The van der Waals surface area contributed by atoms with Crippen LogP contribution in [0.3, 0.4) is 0 Å². The second-order valence-corrected chi connectivity index (χ2v) is 7.20. The van der Waals surface area contributed by atoms with Crippen molar-refractivity contribution in [2.75, 3.05) is 26.4 Å². The van der Waals surface area contributed by atoms with E-state index in [1.807, 2.05) is 19.1 Å². The number of fused-ring (bicyclic) bond motifs is 2. The van der Waals surface area contributed by atoms with Gasteiger partial charge >= 0.3 is 12.2 Å². The van der Waals surface area contributed by atoms with Gasteiger partial charge in [-0.3, -0.25) is 0 Å². The van der Waals surface area contributed by atoms with Gasteiger partial charge in [-0.05, 0) is 51.2 Å². The van der Waals surface area contributed by atoms with Crippen LogP contribution in [-0.2, 0) is 18.9 Å². The van der Waals surface area contributed by atoms with Crippen LogP contribution >= 0.6 is 0 Å². The largest absolute Gasteiger partial charge is 0.448 e. The van der Waals surface area contributed by atoms with E-state index in [1.165, 1.54) is 10.0 Å². The molecule has 1 aliphatic carbocycles. The van der Waals surface area contributed by atoms with Crippen LogP contribution in [0.2, 0.25) is 0 Å². The first-order valence-corrected chi connectivity index (χ1v) is 10.2. The van der Waals surface area contributed by atoms with E-state index >= 15 is 0 Å². The molecule has 0 aromatic carbocycles. The number of nitrogens with zero attached hydrogens (tertiary/aromatic N) is 2. The fraction of sp³-hybridized carbons (Fsp3) is 0.619. The maximum atomic E-state index is 12.5. The summed E-state index contributed by atoms with van der Waals surface area (Å²) in [7, 11) is 0. The van der Waals surface area contributed by atoms with Crippen LogP contribution < -0.4 is 0 Å². The van der Waals surface area contributed by atoms with Crippen molar-refractivity contribution >= 4 is 12.2 Å². The first-order valence-electron chi connectivity index (χ1n) is 10.2. The van der Waals surface area contributed by atoms with Crippen molar-refractivity contribution in [3.8, 4) is 0 Å². The van der Waals surface area contributed by atoms with Crippen LogP contribution in [-0.4, -0.2) is 66.5 Å². The number of hydrogen-bond donors (Lipinski definition) is 0. The van der Waals surface area contributed by atoms with Crippen molar-refractivity contribution in [3.05, 3.63) is 36.0 Å². The minimum atomic E-state index is -0.692. The average molecular weight is 406 g/mol. The number of rotatable bonds is 7. The average Bonchev–Trinajstić information content (AvgIpc) is 3.39. The van der Waals surface area contributed by atoms with Gasteiger partial charge in [-0.2, -0.15) is 0 Å². The van der Waals surface area contributed by atoms with E-state index < -0.39 is 18.0 Å². The van der Waals surface area contributed by atoms with Crippen LogP contribution in [0, 0.1) is 0 Å². The summed E-state index contributed by atoms with van der Waals surface area (Å²) in [5, 5.41) is 2.69. The van der Waals surface area contributed by atoms with Gasteiger partial charge in [-0.25, -0.2) is 19.6 Å². The SMILES string of the molecule is C=C(CCCC=C1[C@H]2C=C[C@@H]1N(C(=O)OCC)N2C(=O)OCC)C1(C)OCCO1. The lowest BCUT2D eigenvalue weighted by atomic mass is 10.0. The number of ether oxygens (including phenoxy) is 4. The predicted molar refractivity (Wildman–Crippen MR) is 106 cm³/mol. The highest BCUT2D eigenvalue weighted by molar-refractivity contribution is 5.79.